The molecule has 0 bridgehead atoms. The molecule has 1 aliphatic carbocycles. The molecule has 1 unspecified atom stereocenters. The second-order valence-corrected chi connectivity index (χ2v) is 10.8. The van der Waals surface area contributed by atoms with Crippen LogP contribution in [0, 0.1) is 11.7 Å². The van der Waals surface area contributed by atoms with Crippen LogP contribution >= 0.6 is 11.6 Å². The molecule has 0 saturated heterocycles. The predicted molar refractivity (Wildman–Crippen MR) is 160 cm³/mol. The number of alkyl halides is 3. The van der Waals surface area contributed by atoms with Crippen LogP contribution in [0.25, 0.3) is 11.1 Å². The Hall–Kier alpha value is -4.31. The number of nitrogens with zero attached hydrogens (tertiary/aromatic N) is 1. The molecule has 0 radical (unpaired) electrons. The number of urea groups is 1. The van der Waals surface area contributed by atoms with Gasteiger partial charge in [0, 0.05) is 23.8 Å². The van der Waals surface area contributed by atoms with Crippen molar-refractivity contribution >= 4 is 35.0 Å². The zero-order valence-electron chi connectivity index (χ0n) is 23.4. The summed E-state index contributed by atoms with van der Waals surface area (Å²) in [7, 11) is 0. The largest absolute Gasteiger partial charge is 0.478 e. The van der Waals surface area contributed by atoms with E-state index >= 15 is 0 Å². The van der Waals surface area contributed by atoms with Gasteiger partial charge in [0.1, 0.15) is 5.82 Å². The molecule has 2 amide bonds. The third-order valence-corrected chi connectivity index (χ3v) is 7.59. The maximum atomic E-state index is 14.2. The van der Waals surface area contributed by atoms with E-state index < -0.39 is 37.0 Å². The highest BCUT2D eigenvalue weighted by atomic mass is 35.5. The summed E-state index contributed by atoms with van der Waals surface area (Å²) in [6.07, 6.45) is -1.34. The smallest absolute Gasteiger partial charge is 0.390 e. The van der Waals surface area contributed by atoms with Crippen molar-refractivity contribution in [2.75, 3.05) is 16.8 Å². The van der Waals surface area contributed by atoms with Gasteiger partial charge in [-0.3, -0.25) is 0 Å². The molecule has 3 N–H and O–H groups in total. The minimum atomic E-state index is -4.46. The molecule has 226 valence electrons. The van der Waals surface area contributed by atoms with Gasteiger partial charge < -0.3 is 20.6 Å². The van der Waals surface area contributed by atoms with Crippen LogP contribution in [0.1, 0.15) is 42.6 Å². The molecule has 1 atom stereocenters. The second-order valence-electron chi connectivity index (χ2n) is 10.4. The summed E-state index contributed by atoms with van der Waals surface area (Å²) in [4.78, 5) is 26.5. The lowest BCUT2D eigenvalue weighted by molar-refractivity contribution is -0.132. The number of carbonyl (C=O) groups is 2. The van der Waals surface area contributed by atoms with Crippen molar-refractivity contribution in [2.45, 2.75) is 39.4 Å². The van der Waals surface area contributed by atoms with Crippen LogP contribution in [0.3, 0.4) is 0 Å². The lowest BCUT2D eigenvalue weighted by Crippen LogP contribution is -2.32. The third-order valence-electron chi connectivity index (χ3n) is 7.22. The standard InChI is InChI=1S/C32H30ClF4N3O3/c1-19-7-10-24(15-20(19)2)38-31(43)39-28-16-21(26-17-23(34)9-11-25(26)30(41)42)8-12-29(28)40(14-13-32(35,36)37)18-22-5-3-4-6-27(22)33/h3-12,16-17,20H,13-15,18H2,1-2H3,(H,41,42)(H2,38,39,43). The quantitative estimate of drug-likeness (QED) is 0.210. The number of rotatable bonds is 9. The van der Waals surface area contributed by atoms with Crippen molar-refractivity contribution in [1.29, 1.82) is 0 Å². The average molecular weight is 616 g/mol. The summed E-state index contributed by atoms with van der Waals surface area (Å²) in [6, 6.07) is 13.7. The van der Waals surface area contributed by atoms with Crippen molar-refractivity contribution in [3.63, 3.8) is 0 Å². The van der Waals surface area contributed by atoms with Gasteiger partial charge in [-0.15, -0.1) is 0 Å². The molecule has 3 aromatic carbocycles. The Balaban J connectivity index is 1.78. The van der Waals surface area contributed by atoms with Gasteiger partial charge in [-0.05, 0) is 78.4 Å². The normalized spacial score (nSPS) is 14.9. The van der Waals surface area contributed by atoms with Gasteiger partial charge in [-0.25, -0.2) is 14.0 Å². The zero-order valence-corrected chi connectivity index (χ0v) is 24.2. The van der Waals surface area contributed by atoms with E-state index in [1.165, 1.54) is 23.1 Å². The first-order valence-corrected chi connectivity index (χ1v) is 13.9. The van der Waals surface area contributed by atoms with Crippen LogP contribution in [0.2, 0.25) is 5.02 Å². The van der Waals surface area contributed by atoms with Crippen molar-refractivity contribution in [2.24, 2.45) is 5.92 Å². The fourth-order valence-corrected chi connectivity index (χ4v) is 4.94. The molecule has 6 nitrogen and oxygen atoms in total. The Morgan fingerprint density at radius 3 is 2.47 bits per heavy atom. The Kier molecular flexibility index (Phi) is 9.80. The fourth-order valence-electron chi connectivity index (χ4n) is 4.75. The molecule has 0 heterocycles. The maximum Gasteiger partial charge on any atom is 0.390 e. The molecule has 0 aliphatic heterocycles. The zero-order chi connectivity index (χ0) is 31.3. The number of halogens is 5. The van der Waals surface area contributed by atoms with Gasteiger partial charge in [0.05, 0.1) is 23.4 Å². The van der Waals surface area contributed by atoms with Gasteiger partial charge >= 0.3 is 18.2 Å². The monoisotopic (exact) mass is 615 g/mol. The molecular weight excluding hydrogens is 586 g/mol. The number of nitrogens with one attached hydrogen (secondary N) is 2. The van der Waals surface area contributed by atoms with E-state index in [2.05, 4.69) is 10.6 Å². The number of carbonyl (C=O) groups excluding carboxylic acids is 1. The van der Waals surface area contributed by atoms with Crippen LogP contribution in [-0.2, 0) is 6.54 Å². The number of carboxylic acids is 1. The first-order chi connectivity index (χ1) is 20.3. The van der Waals surface area contributed by atoms with Crippen molar-refractivity contribution < 1.29 is 32.3 Å². The van der Waals surface area contributed by atoms with Gasteiger partial charge in [-0.2, -0.15) is 13.2 Å². The number of carboxylic acid groups (broad SMARTS) is 1. The summed E-state index contributed by atoms with van der Waals surface area (Å²) >= 11 is 6.34. The molecule has 0 aromatic heterocycles. The lowest BCUT2D eigenvalue weighted by atomic mass is 9.93. The Bertz CT molecular complexity index is 1590. The van der Waals surface area contributed by atoms with E-state index in [0.29, 0.717) is 22.7 Å². The summed E-state index contributed by atoms with van der Waals surface area (Å²) in [6.45, 7) is 3.53. The number of aromatic carboxylic acids is 1. The Morgan fingerprint density at radius 2 is 1.79 bits per heavy atom. The molecule has 3 aromatic rings. The Morgan fingerprint density at radius 1 is 1.05 bits per heavy atom. The van der Waals surface area contributed by atoms with E-state index in [4.69, 9.17) is 11.6 Å². The molecule has 0 spiro atoms. The highest BCUT2D eigenvalue weighted by Gasteiger charge is 2.29. The van der Waals surface area contributed by atoms with Crippen LogP contribution < -0.4 is 15.5 Å². The number of hydrogen-bond acceptors (Lipinski definition) is 3. The van der Waals surface area contributed by atoms with Crippen molar-refractivity contribution in [3.05, 3.63) is 106 Å². The molecule has 11 heteroatoms. The van der Waals surface area contributed by atoms with E-state index in [1.807, 2.05) is 19.9 Å². The molecule has 4 rings (SSSR count). The van der Waals surface area contributed by atoms with Crippen LogP contribution in [0.15, 0.2) is 84.1 Å². The third kappa shape index (κ3) is 8.38. The molecule has 43 heavy (non-hydrogen) atoms. The van der Waals surface area contributed by atoms with Crippen LogP contribution in [-0.4, -0.2) is 29.8 Å². The maximum absolute atomic E-state index is 14.2. The first kappa shape index (κ1) is 31.6. The predicted octanol–water partition coefficient (Wildman–Crippen LogP) is 8.79. The number of amides is 2. The summed E-state index contributed by atoms with van der Waals surface area (Å²) in [5.41, 5.74) is 2.81. The summed E-state index contributed by atoms with van der Waals surface area (Å²) < 4.78 is 54.4. The molecular formula is C32H30ClF4N3O3. The number of allylic oxidation sites excluding steroid dienone is 4. The highest BCUT2D eigenvalue weighted by Crippen LogP contribution is 2.36. The Labute approximate surface area is 251 Å². The number of hydrogen-bond donors (Lipinski definition) is 3. The molecule has 0 saturated carbocycles. The van der Waals surface area contributed by atoms with Gasteiger partial charge in [0.25, 0.3) is 0 Å². The SMILES string of the molecule is CC1=CC=C(NC(=O)Nc2cc(-c3cc(F)ccc3C(=O)O)ccc2N(CCC(F)(F)F)Cc2ccccc2Cl)CC1C. The topological polar surface area (TPSA) is 81.7 Å². The minimum Gasteiger partial charge on any atom is -0.478 e. The molecule has 0 fully saturated rings. The second kappa shape index (κ2) is 13.3. The van der Waals surface area contributed by atoms with Crippen molar-refractivity contribution in [3.8, 4) is 11.1 Å². The fraction of sp³-hybridized carbons (Fsp3) is 0.250. The van der Waals surface area contributed by atoms with Crippen molar-refractivity contribution in [1.82, 2.24) is 5.32 Å². The summed E-state index contributed by atoms with van der Waals surface area (Å²) in [5, 5.41) is 15.6. The van der Waals surface area contributed by atoms with Crippen LogP contribution in [0.5, 0.6) is 0 Å². The highest BCUT2D eigenvalue weighted by molar-refractivity contribution is 6.31. The lowest BCUT2D eigenvalue weighted by Gasteiger charge is -2.29. The first-order valence-electron chi connectivity index (χ1n) is 13.5. The van der Waals surface area contributed by atoms with Gasteiger partial charge in [-0.1, -0.05) is 54.4 Å². The van der Waals surface area contributed by atoms with E-state index in [-0.39, 0.29) is 40.5 Å². The molecule has 1 aliphatic rings. The average Bonchev–Trinajstić information content (AvgIpc) is 2.93. The van der Waals surface area contributed by atoms with E-state index in [1.54, 1.807) is 30.3 Å². The number of benzene rings is 3. The van der Waals surface area contributed by atoms with E-state index in [0.717, 1.165) is 23.8 Å². The van der Waals surface area contributed by atoms with Gasteiger partial charge in [0.2, 0.25) is 0 Å². The van der Waals surface area contributed by atoms with E-state index in [9.17, 15) is 32.3 Å². The minimum absolute atomic E-state index is 0.0154. The van der Waals surface area contributed by atoms with Crippen LogP contribution in [0.4, 0.5) is 33.7 Å². The summed E-state index contributed by atoms with van der Waals surface area (Å²) in [5.74, 6) is -1.77. The number of anilines is 2. The van der Waals surface area contributed by atoms with Gasteiger partial charge in [0.15, 0.2) is 0 Å².